The van der Waals surface area contributed by atoms with Gasteiger partial charge in [-0.15, -0.1) is 0 Å². The molecule has 14 heavy (non-hydrogen) atoms. The number of rotatable bonds is 2. The summed E-state index contributed by atoms with van der Waals surface area (Å²) in [6.07, 6.45) is 2.46. The zero-order valence-corrected chi connectivity index (χ0v) is 8.32. The predicted molar refractivity (Wildman–Crippen MR) is 49.3 cm³/mol. The Morgan fingerprint density at radius 1 is 1.50 bits per heavy atom. The molecule has 0 aromatic heterocycles. The molecule has 1 saturated heterocycles. The van der Waals surface area contributed by atoms with E-state index in [-0.39, 0.29) is 23.8 Å². The van der Waals surface area contributed by atoms with Crippen molar-refractivity contribution in [2.75, 3.05) is 6.54 Å². The highest BCUT2D eigenvalue weighted by Gasteiger charge is 2.54. The molecule has 1 N–H and O–H groups in total. The van der Waals surface area contributed by atoms with Gasteiger partial charge >= 0.3 is 0 Å². The van der Waals surface area contributed by atoms with Crippen LogP contribution in [0.25, 0.3) is 0 Å². The van der Waals surface area contributed by atoms with Crippen LogP contribution in [0.5, 0.6) is 0 Å². The van der Waals surface area contributed by atoms with Crippen LogP contribution in [0.1, 0.15) is 32.6 Å². The first-order chi connectivity index (χ1) is 6.55. The molecule has 0 aromatic carbocycles. The maximum absolute atomic E-state index is 11.8. The third-order valence-corrected chi connectivity index (χ3v) is 3.25. The Bertz CT molecular complexity index is 281. The average molecular weight is 197 g/mol. The van der Waals surface area contributed by atoms with Crippen molar-refractivity contribution in [2.24, 2.45) is 5.41 Å². The molecule has 78 valence electrons. The van der Waals surface area contributed by atoms with Crippen molar-refractivity contribution in [2.45, 2.75) is 38.7 Å². The van der Waals surface area contributed by atoms with Crippen LogP contribution < -0.4 is 0 Å². The predicted octanol–water partition coefficient (Wildman–Crippen LogP) is 0.296. The summed E-state index contributed by atoms with van der Waals surface area (Å²) in [5.41, 5.74) is -0.369. The third kappa shape index (κ3) is 1.25. The summed E-state index contributed by atoms with van der Waals surface area (Å²) in [6, 6.07) is 0. The minimum absolute atomic E-state index is 0.0605. The zero-order chi connectivity index (χ0) is 10.3. The summed E-state index contributed by atoms with van der Waals surface area (Å²) in [6.45, 7) is 1.74. The van der Waals surface area contributed by atoms with Gasteiger partial charge in [0.1, 0.15) is 0 Å². The number of β-amino-alcohol motifs (C(OH)–C–C–N with tert-alkyl or cyclic N) is 1. The smallest absolute Gasteiger partial charge is 0.235 e. The van der Waals surface area contributed by atoms with Crippen LogP contribution in [-0.2, 0) is 9.59 Å². The summed E-state index contributed by atoms with van der Waals surface area (Å²) in [4.78, 5) is 24.6. The molecule has 1 unspecified atom stereocenters. The van der Waals surface area contributed by atoms with Gasteiger partial charge in [-0.1, -0.05) is 6.42 Å². The minimum atomic E-state index is -0.627. The molecule has 1 spiro atoms. The van der Waals surface area contributed by atoms with Crippen LogP contribution in [-0.4, -0.2) is 34.5 Å². The number of hydrogen-bond donors (Lipinski definition) is 1. The van der Waals surface area contributed by atoms with Crippen LogP contribution in [0.2, 0.25) is 0 Å². The molecule has 1 aliphatic carbocycles. The number of aliphatic hydroxyl groups is 1. The maximum Gasteiger partial charge on any atom is 0.235 e. The van der Waals surface area contributed by atoms with Gasteiger partial charge in [0.05, 0.1) is 18.1 Å². The number of likely N-dealkylation sites (tertiary alicyclic amines) is 1. The van der Waals surface area contributed by atoms with E-state index in [1.807, 2.05) is 0 Å². The molecular formula is C10H15NO3. The lowest BCUT2D eigenvalue weighted by Gasteiger charge is -2.35. The van der Waals surface area contributed by atoms with Gasteiger partial charge in [0.25, 0.3) is 0 Å². The lowest BCUT2D eigenvalue weighted by atomic mass is 9.68. The molecule has 4 heteroatoms. The van der Waals surface area contributed by atoms with E-state index in [2.05, 4.69) is 0 Å². The summed E-state index contributed by atoms with van der Waals surface area (Å²) >= 11 is 0. The quantitative estimate of drug-likeness (QED) is 0.647. The number of carbonyl (C=O) groups is 2. The lowest BCUT2D eigenvalue weighted by molar-refractivity contribution is -0.144. The van der Waals surface area contributed by atoms with Crippen molar-refractivity contribution in [3.8, 4) is 0 Å². The number of hydrogen-bond acceptors (Lipinski definition) is 3. The van der Waals surface area contributed by atoms with Crippen LogP contribution in [0.3, 0.4) is 0 Å². The van der Waals surface area contributed by atoms with Gasteiger partial charge in [0.2, 0.25) is 11.8 Å². The Labute approximate surface area is 82.9 Å². The first-order valence-corrected chi connectivity index (χ1v) is 5.08. The van der Waals surface area contributed by atoms with E-state index in [0.717, 1.165) is 19.3 Å². The standard InChI is InChI=1S/C10H15NO3/c1-7(12)6-11-8(13)5-10(9(11)14)3-2-4-10/h7,12H,2-6H2,1H3. The van der Waals surface area contributed by atoms with Gasteiger partial charge in [-0.2, -0.15) is 0 Å². The summed E-state index contributed by atoms with van der Waals surface area (Å²) in [5, 5.41) is 9.16. The second-order valence-corrected chi connectivity index (χ2v) is 4.47. The van der Waals surface area contributed by atoms with E-state index in [0.29, 0.717) is 6.42 Å². The van der Waals surface area contributed by atoms with Crippen LogP contribution in [0.15, 0.2) is 0 Å². The fourth-order valence-electron chi connectivity index (χ4n) is 2.30. The van der Waals surface area contributed by atoms with Crippen LogP contribution >= 0.6 is 0 Å². The van der Waals surface area contributed by atoms with Crippen molar-refractivity contribution in [1.29, 1.82) is 0 Å². The van der Waals surface area contributed by atoms with E-state index in [1.54, 1.807) is 6.92 Å². The summed E-state index contributed by atoms with van der Waals surface area (Å²) in [5.74, 6) is -0.176. The van der Waals surface area contributed by atoms with E-state index in [1.165, 1.54) is 4.90 Å². The molecule has 2 rings (SSSR count). The fraction of sp³-hybridized carbons (Fsp3) is 0.800. The second-order valence-electron chi connectivity index (χ2n) is 4.47. The zero-order valence-electron chi connectivity index (χ0n) is 8.32. The molecular weight excluding hydrogens is 182 g/mol. The van der Waals surface area contributed by atoms with Crippen molar-refractivity contribution in [3.05, 3.63) is 0 Å². The Morgan fingerprint density at radius 3 is 2.50 bits per heavy atom. The minimum Gasteiger partial charge on any atom is -0.392 e. The number of imide groups is 1. The van der Waals surface area contributed by atoms with E-state index in [9.17, 15) is 9.59 Å². The topological polar surface area (TPSA) is 57.6 Å². The van der Waals surface area contributed by atoms with Crippen molar-refractivity contribution < 1.29 is 14.7 Å². The monoisotopic (exact) mass is 197 g/mol. The Morgan fingerprint density at radius 2 is 2.14 bits per heavy atom. The molecule has 0 aromatic rings. The van der Waals surface area contributed by atoms with Gasteiger partial charge < -0.3 is 5.11 Å². The molecule has 2 fully saturated rings. The lowest BCUT2D eigenvalue weighted by Crippen LogP contribution is -2.42. The van der Waals surface area contributed by atoms with Gasteiger partial charge in [-0.05, 0) is 19.8 Å². The normalized spacial score (nSPS) is 26.9. The van der Waals surface area contributed by atoms with E-state index < -0.39 is 6.10 Å². The largest absolute Gasteiger partial charge is 0.392 e. The maximum atomic E-state index is 11.8. The highest BCUT2D eigenvalue weighted by molar-refractivity contribution is 6.06. The molecule has 0 radical (unpaired) electrons. The van der Waals surface area contributed by atoms with E-state index >= 15 is 0 Å². The first-order valence-electron chi connectivity index (χ1n) is 5.08. The summed E-state index contributed by atoms with van der Waals surface area (Å²) in [7, 11) is 0. The number of carbonyl (C=O) groups excluding carboxylic acids is 2. The molecule has 4 nitrogen and oxygen atoms in total. The molecule has 1 aliphatic heterocycles. The fourth-order valence-corrected chi connectivity index (χ4v) is 2.30. The van der Waals surface area contributed by atoms with Crippen LogP contribution in [0, 0.1) is 5.41 Å². The molecule has 1 saturated carbocycles. The highest BCUT2D eigenvalue weighted by atomic mass is 16.3. The SMILES string of the molecule is CC(O)CN1C(=O)CC2(CCC2)C1=O. The third-order valence-electron chi connectivity index (χ3n) is 3.25. The van der Waals surface area contributed by atoms with Gasteiger partial charge in [0, 0.05) is 6.42 Å². The molecule has 2 amide bonds. The Hall–Kier alpha value is -0.900. The average Bonchev–Trinajstić information content (AvgIpc) is 2.27. The summed E-state index contributed by atoms with van der Waals surface area (Å²) < 4.78 is 0. The number of aliphatic hydroxyl groups excluding tert-OH is 1. The first kappa shape index (κ1) is 9.65. The van der Waals surface area contributed by atoms with Crippen molar-refractivity contribution in [3.63, 3.8) is 0 Å². The molecule has 1 heterocycles. The molecule has 1 atom stereocenters. The van der Waals surface area contributed by atoms with Gasteiger partial charge in [0.15, 0.2) is 0 Å². The van der Waals surface area contributed by atoms with Gasteiger partial charge in [-0.3, -0.25) is 14.5 Å². The van der Waals surface area contributed by atoms with Gasteiger partial charge in [-0.25, -0.2) is 0 Å². The number of amides is 2. The molecule has 0 bridgehead atoms. The molecule has 2 aliphatic rings. The second kappa shape index (κ2) is 3.05. The Balaban J connectivity index is 2.12. The van der Waals surface area contributed by atoms with Crippen molar-refractivity contribution >= 4 is 11.8 Å². The van der Waals surface area contributed by atoms with Crippen LogP contribution in [0.4, 0.5) is 0 Å². The van der Waals surface area contributed by atoms with Crippen molar-refractivity contribution in [1.82, 2.24) is 4.90 Å². The number of nitrogens with zero attached hydrogens (tertiary/aromatic N) is 1. The Kier molecular flexibility index (Phi) is 2.10. The van der Waals surface area contributed by atoms with E-state index in [4.69, 9.17) is 5.11 Å². The highest BCUT2D eigenvalue weighted by Crippen LogP contribution is 2.49.